The van der Waals surface area contributed by atoms with Gasteiger partial charge in [-0.25, -0.2) is 4.79 Å². The number of imide groups is 1. The maximum Gasteiger partial charge on any atom is 0.329 e. The predicted molar refractivity (Wildman–Crippen MR) is 125 cm³/mol. The van der Waals surface area contributed by atoms with Crippen LogP contribution in [0, 0.1) is 20.8 Å². The first-order chi connectivity index (χ1) is 15.4. The van der Waals surface area contributed by atoms with Crippen LogP contribution in [0.15, 0.2) is 60.3 Å². The lowest BCUT2D eigenvalue weighted by molar-refractivity contribution is -0.123. The van der Waals surface area contributed by atoms with Crippen molar-refractivity contribution in [1.29, 1.82) is 0 Å². The summed E-state index contributed by atoms with van der Waals surface area (Å²) in [5.41, 5.74) is 6.21. The second-order valence-electron chi connectivity index (χ2n) is 7.96. The van der Waals surface area contributed by atoms with Gasteiger partial charge in [-0.3, -0.25) is 9.69 Å². The molecule has 1 aliphatic rings. The number of rotatable bonds is 6. The molecular formula is C26H27N3O3. The molecule has 164 valence electrons. The van der Waals surface area contributed by atoms with Crippen LogP contribution in [0.3, 0.4) is 0 Å². The van der Waals surface area contributed by atoms with Crippen molar-refractivity contribution in [3.63, 3.8) is 0 Å². The van der Waals surface area contributed by atoms with Gasteiger partial charge in [0.05, 0.1) is 13.2 Å². The zero-order valence-corrected chi connectivity index (χ0v) is 18.8. The van der Waals surface area contributed by atoms with Crippen LogP contribution in [0.2, 0.25) is 0 Å². The molecule has 2 aromatic carbocycles. The average molecular weight is 430 g/mol. The minimum atomic E-state index is -0.400. The van der Waals surface area contributed by atoms with Gasteiger partial charge in [0.2, 0.25) is 0 Å². The third kappa shape index (κ3) is 4.17. The van der Waals surface area contributed by atoms with Gasteiger partial charge in [-0.05, 0) is 75.2 Å². The van der Waals surface area contributed by atoms with Crippen molar-refractivity contribution in [2.75, 3.05) is 6.61 Å². The van der Waals surface area contributed by atoms with Crippen molar-refractivity contribution in [1.82, 2.24) is 14.8 Å². The van der Waals surface area contributed by atoms with Gasteiger partial charge in [0, 0.05) is 17.1 Å². The highest BCUT2D eigenvalue weighted by Crippen LogP contribution is 2.25. The summed E-state index contributed by atoms with van der Waals surface area (Å²) >= 11 is 0. The molecule has 3 aromatic rings. The second-order valence-corrected chi connectivity index (χ2v) is 7.96. The third-order valence-corrected chi connectivity index (χ3v) is 5.56. The Morgan fingerprint density at radius 1 is 1.00 bits per heavy atom. The molecule has 0 bridgehead atoms. The van der Waals surface area contributed by atoms with Crippen LogP contribution < -0.4 is 10.1 Å². The van der Waals surface area contributed by atoms with Crippen LogP contribution in [0.4, 0.5) is 4.79 Å². The lowest BCUT2D eigenvalue weighted by Gasteiger charge is -2.12. The quantitative estimate of drug-likeness (QED) is 0.448. The largest absolute Gasteiger partial charge is 0.494 e. The van der Waals surface area contributed by atoms with E-state index >= 15 is 0 Å². The molecule has 0 aliphatic carbocycles. The summed E-state index contributed by atoms with van der Waals surface area (Å²) < 4.78 is 7.65. The van der Waals surface area contributed by atoms with Gasteiger partial charge in [-0.1, -0.05) is 29.8 Å². The number of aromatic nitrogens is 1. The average Bonchev–Trinajstić information content (AvgIpc) is 3.18. The molecule has 6 heteroatoms. The van der Waals surface area contributed by atoms with E-state index in [0.29, 0.717) is 6.61 Å². The highest BCUT2D eigenvalue weighted by Gasteiger charge is 2.33. The number of ether oxygens (including phenoxy) is 1. The van der Waals surface area contributed by atoms with E-state index in [9.17, 15) is 9.59 Å². The normalized spacial score (nSPS) is 14.9. The molecule has 0 saturated carbocycles. The van der Waals surface area contributed by atoms with Crippen molar-refractivity contribution < 1.29 is 14.3 Å². The molecule has 32 heavy (non-hydrogen) atoms. The number of hydrogen-bond acceptors (Lipinski definition) is 3. The fourth-order valence-electron chi connectivity index (χ4n) is 4.05. The number of nitrogens with zero attached hydrogens (tertiary/aromatic N) is 2. The van der Waals surface area contributed by atoms with Crippen LogP contribution in [0.1, 0.15) is 35.0 Å². The van der Waals surface area contributed by atoms with Gasteiger partial charge in [0.15, 0.2) is 0 Å². The highest BCUT2D eigenvalue weighted by molar-refractivity contribution is 6.14. The van der Waals surface area contributed by atoms with E-state index in [0.717, 1.165) is 39.5 Å². The number of carbonyl (C=O) groups is 2. The Balaban J connectivity index is 1.59. The lowest BCUT2D eigenvalue weighted by Crippen LogP contribution is -2.30. The summed E-state index contributed by atoms with van der Waals surface area (Å²) in [7, 11) is 0. The zero-order valence-electron chi connectivity index (χ0n) is 18.8. The highest BCUT2D eigenvalue weighted by atomic mass is 16.5. The van der Waals surface area contributed by atoms with E-state index in [1.165, 1.54) is 4.90 Å². The maximum absolute atomic E-state index is 12.9. The third-order valence-electron chi connectivity index (χ3n) is 5.56. The van der Waals surface area contributed by atoms with Crippen LogP contribution in [0.25, 0.3) is 11.8 Å². The van der Waals surface area contributed by atoms with Gasteiger partial charge in [-0.15, -0.1) is 0 Å². The maximum atomic E-state index is 12.9. The van der Waals surface area contributed by atoms with E-state index in [1.54, 1.807) is 6.08 Å². The molecule has 2 heterocycles. The summed E-state index contributed by atoms with van der Waals surface area (Å²) in [5.74, 6) is 0.511. The summed E-state index contributed by atoms with van der Waals surface area (Å²) in [5, 5.41) is 2.73. The molecule has 1 fully saturated rings. The number of urea groups is 1. The molecule has 4 rings (SSSR count). The number of aryl methyl sites for hydroxylation is 2. The van der Waals surface area contributed by atoms with Crippen molar-refractivity contribution >= 4 is 18.0 Å². The fraction of sp³-hybridized carbons (Fsp3) is 0.231. The molecule has 0 radical (unpaired) electrons. The predicted octanol–water partition coefficient (Wildman–Crippen LogP) is 4.89. The van der Waals surface area contributed by atoms with Crippen LogP contribution in [-0.2, 0) is 11.3 Å². The summed E-state index contributed by atoms with van der Waals surface area (Å²) in [6.45, 7) is 8.83. The molecular weight excluding hydrogens is 402 g/mol. The first-order valence-corrected chi connectivity index (χ1v) is 10.7. The molecule has 1 N–H and O–H groups in total. The minimum Gasteiger partial charge on any atom is -0.494 e. The topological polar surface area (TPSA) is 63.6 Å². The molecule has 0 spiro atoms. The van der Waals surface area contributed by atoms with E-state index in [-0.39, 0.29) is 18.1 Å². The Kier molecular flexibility index (Phi) is 5.86. The monoisotopic (exact) mass is 429 g/mol. The zero-order chi connectivity index (χ0) is 22.8. The number of carbonyl (C=O) groups excluding carboxylic acids is 2. The smallest absolute Gasteiger partial charge is 0.329 e. The van der Waals surface area contributed by atoms with Crippen molar-refractivity contribution in [3.8, 4) is 11.4 Å². The Morgan fingerprint density at radius 3 is 2.44 bits per heavy atom. The Labute approximate surface area is 188 Å². The standard InChI is InChI=1S/C26H27N3O3/c1-5-32-23-11-9-22(10-12-23)29-18(3)14-21(19(29)4)15-24-25(30)28(26(31)27-24)16-20-8-6-7-17(2)13-20/h6-15H,5,16H2,1-4H3,(H,27,31)/b24-15+. The molecule has 1 saturated heterocycles. The molecule has 3 amide bonds. The number of hydrogen-bond donors (Lipinski definition) is 1. The van der Waals surface area contributed by atoms with Gasteiger partial charge in [-0.2, -0.15) is 0 Å². The minimum absolute atomic E-state index is 0.245. The van der Waals surface area contributed by atoms with Crippen molar-refractivity contribution in [2.45, 2.75) is 34.2 Å². The molecule has 1 aliphatic heterocycles. The lowest BCUT2D eigenvalue weighted by atomic mass is 10.1. The number of amides is 3. The van der Waals surface area contributed by atoms with E-state index < -0.39 is 6.03 Å². The summed E-state index contributed by atoms with van der Waals surface area (Å²) in [6, 6.07) is 17.3. The van der Waals surface area contributed by atoms with E-state index in [4.69, 9.17) is 4.74 Å². The first-order valence-electron chi connectivity index (χ1n) is 10.7. The molecule has 0 atom stereocenters. The number of nitrogens with one attached hydrogen (secondary N) is 1. The summed E-state index contributed by atoms with van der Waals surface area (Å²) in [4.78, 5) is 26.7. The molecule has 6 nitrogen and oxygen atoms in total. The van der Waals surface area contributed by atoms with Gasteiger partial charge < -0.3 is 14.6 Å². The fourth-order valence-corrected chi connectivity index (χ4v) is 4.05. The van der Waals surface area contributed by atoms with Crippen molar-refractivity contribution in [3.05, 3.63) is 88.4 Å². The van der Waals surface area contributed by atoms with Crippen molar-refractivity contribution in [2.24, 2.45) is 0 Å². The molecule has 0 unspecified atom stereocenters. The van der Waals surface area contributed by atoms with Gasteiger partial charge >= 0.3 is 6.03 Å². The van der Waals surface area contributed by atoms with Crippen LogP contribution in [-0.4, -0.2) is 28.0 Å². The second kappa shape index (κ2) is 8.75. The van der Waals surface area contributed by atoms with Crippen LogP contribution in [0.5, 0.6) is 5.75 Å². The number of benzene rings is 2. The Bertz CT molecular complexity index is 1210. The van der Waals surface area contributed by atoms with E-state index in [2.05, 4.69) is 9.88 Å². The first kappa shape index (κ1) is 21.4. The Morgan fingerprint density at radius 2 is 1.75 bits per heavy atom. The van der Waals surface area contributed by atoms with E-state index in [1.807, 2.05) is 82.3 Å². The Hall–Kier alpha value is -3.80. The molecule has 1 aromatic heterocycles. The van der Waals surface area contributed by atoms with Gasteiger partial charge in [0.1, 0.15) is 11.4 Å². The summed E-state index contributed by atoms with van der Waals surface area (Å²) in [6.07, 6.45) is 1.75. The van der Waals surface area contributed by atoms with Crippen LogP contribution >= 0.6 is 0 Å². The SMILES string of the molecule is CCOc1ccc(-n2c(C)cc(/C=C3/NC(=O)N(Cc4cccc(C)c4)C3=O)c2C)cc1. The van der Waals surface area contributed by atoms with Gasteiger partial charge in [0.25, 0.3) is 5.91 Å².